The molecule has 1 heterocycles. The van der Waals surface area contributed by atoms with E-state index < -0.39 is 0 Å². The number of nitrogens with one attached hydrogen (secondary N) is 1. The molecular formula is C16H22Cl2N2. The maximum Gasteiger partial charge on any atom is 0.0825 e. The molecule has 1 N–H and O–H groups in total. The third-order valence-corrected chi connectivity index (χ3v) is 5.51. The molecule has 2 fully saturated rings. The second-order valence-electron chi connectivity index (χ2n) is 5.98. The molecule has 1 aromatic carbocycles. The molecule has 0 radical (unpaired) electrons. The zero-order valence-electron chi connectivity index (χ0n) is 11.7. The monoisotopic (exact) mass is 312 g/mol. The maximum atomic E-state index is 6.37. The van der Waals surface area contributed by atoms with Crippen molar-refractivity contribution in [3.05, 3.63) is 28.2 Å². The lowest BCUT2D eigenvalue weighted by Crippen LogP contribution is -2.54. The van der Waals surface area contributed by atoms with Crippen molar-refractivity contribution in [2.45, 2.75) is 38.1 Å². The highest BCUT2D eigenvalue weighted by molar-refractivity contribution is 6.43. The van der Waals surface area contributed by atoms with E-state index in [1.165, 1.54) is 32.1 Å². The molecular weight excluding hydrogens is 291 g/mol. The fraction of sp³-hybridized carbons (Fsp3) is 0.625. The first-order valence-corrected chi connectivity index (χ1v) is 8.43. The fourth-order valence-electron chi connectivity index (χ4n) is 3.59. The van der Waals surface area contributed by atoms with Crippen LogP contribution in [-0.4, -0.2) is 25.7 Å². The summed E-state index contributed by atoms with van der Waals surface area (Å²) in [4.78, 5) is 2.39. The van der Waals surface area contributed by atoms with E-state index in [1.54, 1.807) is 0 Å². The van der Waals surface area contributed by atoms with Crippen LogP contribution >= 0.6 is 23.2 Å². The van der Waals surface area contributed by atoms with E-state index in [9.17, 15) is 0 Å². The van der Waals surface area contributed by atoms with Gasteiger partial charge in [0, 0.05) is 25.7 Å². The van der Waals surface area contributed by atoms with Gasteiger partial charge in [0.05, 0.1) is 15.7 Å². The van der Waals surface area contributed by atoms with Crippen molar-refractivity contribution in [2.24, 2.45) is 5.92 Å². The van der Waals surface area contributed by atoms with Crippen molar-refractivity contribution in [1.82, 2.24) is 5.32 Å². The molecule has 1 aliphatic heterocycles. The minimum atomic E-state index is 0.596. The van der Waals surface area contributed by atoms with Gasteiger partial charge in [0.1, 0.15) is 0 Å². The Morgan fingerprint density at radius 1 is 1.10 bits per heavy atom. The van der Waals surface area contributed by atoms with Gasteiger partial charge in [0.25, 0.3) is 0 Å². The normalized spacial score (nSPS) is 24.9. The molecule has 0 spiro atoms. The van der Waals surface area contributed by atoms with E-state index in [1.807, 2.05) is 12.1 Å². The second kappa shape index (κ2) is 6.55. The molecule has 0 bridgehead atoms. The molecule has 3 rings (SSSR count). The molecule has 1 atom stereocenters. The van der Waals surface area contributed by atoms with Gasteiger partial charge in [-0.1, -0.05) is 48.5 Å². The Morgan fingerprint density at radius 2 is 1.90 bits per heavy atom. The number of hydrogen-bond donors (Lipinski definition) is 1. The predicted octanol–water partition coefficient (Wildman–Crippen LogP) is 4.35. The van der Waals surface area contributed by atoms with Crippen molar-refractivity contribution in [3.63, 3.8) is 0 Å². The molecule has 0 amide bonds. The number of nitrogens with zero attached hydrogens (tertiary/aromatic N) is 1. The van der Waals surface area contributed by atoms with Gasteiger partial charge in [-0.3, -0.25) is 0 Å². The van der Waals surface area contributed by atoms with Crippen LogP contribution < -0.4 is 10.2 Å². The zero-order valence-corrected chi connectivity index (χ0v) is 13.3. The number of anilines is 1. The summed E-state index contributed by atoms with van der Waals surface area (Å²) in [6.45, 7) is 3.08. The summed E-state index contributed by atoms with van der Waals surface area (Å²) >= 11 is 12.5. The van der Waals surface area contributed by atoms with Crippen molar-refractivity contribution in [1.29, 1.82) is 0 Å². The first-order valence-electron chi connectivity index (χ1n) is 7.68. The number of piperazine rings is 1. The molecule has 1 saturated carbocycles. The molecule has 4 heteroatoms. The van der Waals surface area contributed by atoms with Gasteiger partial charge < -0.3 is 10.2 Å². The molecule has 2 nitrogen and oxygen atoms in total. The SMILES string of the molecule is Clc1cccc(N2CCNC(C3CCCCC3)C2)c1Cl. The lowest BCUT2D eigenvalue weighted by Gasteiger charge is -2.40. The molecule has 1 saturated heterocycles. The van der Waals surface area contributed by atoms with Gasteiger partial charge >= 0.3 is 0 Å². The van der Waals surface area contributed by atoms with Gasteiger partial charge in [-0.2, -0.15) is 0 Å². The van der Waals surface area contributed by atoms with Gasteiger partial charge in [-0.05, 0) is 30.9 Å². The van der Waals surface area contributed by atoms with Crippen LogP contribution in [0.1, 0.15) is 32.1 Å². The minimum absolute atomic E-state index is 0.596. The summed E-state index contributed by atoms with van der Waals surface area (Å²) in [6, 6.07) is 6.52. The highest BCUT2D eigenvalue weighted by atomic mass is 35.5. The standard InChI is InChI=1S/C16H22Cl2N2/c17-13-7-4-8-15(16(13)18)20-10-9-19-14(11-20)12-5-2-1-3-6-12/h4,7-8,12,14,19H,1-3,5-6,9-11H2. The highest BCUT2D eigenvalue weighted by Gasteiger charge is 2.28. The third kappa shape index (κ3) is 3.08. The molecule has 1 aromatic rings. The van der Waals surface area contributed by atoms with E-state index in [-0.39, 0.29) is 0 Å². The Balaban J connectivity index is 1.72. The van der Waals surface area contributed by atoms with Crippen LogP contribution in [0.5, 0.6) is 0 Å². The van der Waals surface area contributed by atoms with Crippen LogP contribution in [-0.2, 0) is 0 Å². The zero-order chi connectivity index (χ0) is 13.9. The van der Waals surface area contributed by atoms with Crippen LogP contribution in [0.4, 0.5) is 5.69 Å². The topological polar surface area (TPSA) is 15.3 Å². The maximum absolute atomic E-state index is 6.37. The molecule has 0 aromatic heterocycles. The summed E-state index contributed by atoms with van der Waals surface area (Å²) < 4.78 is 0. The van der Waals surface area contributed by atoms with Crippen molar-refractivity contribution < 1.29 is 0 Å². The van der Waals surface area contributed by atoms with Gasteiger partial charge in [-0.25, -0.2) is 0 Å². The first kappa shape index (κ1) is 14.5. The van der Waals surface area contributed by atoms with Crippen molar-refractivity contribution in [3.8, 4) is 0 Å². The fourth-order valence-corrected chi connectivity index (χ4v) is 4.00. The molecule has 1 unspecified atom stereocenters. The second-order valence-corrected chi connectivity index (χ2v) is 6.76. The van der Waals surface area contributed by atoms with Crippen LogP contribution in [0.2, 0.25) is 10.0 Å². The summed E-state index contributed by atoms with van der Waals surface area (Å²) in [7, 11) is 0. The first-order chi connectivity index (χ1) is 9.75. The highest BCUT2D eigenvalue weighted by Crippen LogP contribution is 2.34. The number of rotatable bonds is 2. The van der Waals surface area contributed by atoms with E-state index in [2.05, 4.69) is 16.3 Å². The van der Waals surface area contributed by atoms with E-state index >= 15 is 0 Å². The Hall–Kier alpha value is -0.440. The quantitative estimate of drug-likeness (QED) is 0.873. The van der Waals surface area contributed by atoms with Crippen molar-refractivity contribution in [2.75, 3.05) is 24.5 Å². The Labute approximate surface area is 131 Å². The molecule has 1 aliphatic carbocycles. The number of hydrogen-bond acceptors (Lipinski definition) is 2. The lowest BCUT2D eigenvalue weighted by atomic mass is 9.83. The molecule has 20 heavy (non-hydrogen) atoms. The van der Waals surface area contributed by atoms with Gasteiger partial charge in [0.2, 0.25) is 0 Å². The Bertz CT molecular complexity index is 458. The third-order valence-electron chi connectivity index (χ3n) is 4.70. The Morgan fingerprint density at radius 3 is 2.70 bits per heavy atom. The predicted molar refractivity (Wildman–Crippen MR) is 87.0 cm³/mol. The minimum Gasteiger partial charge on any atom is -0.367 e. The Kier molecular flexibility index (Phi) is 4.75. The van der Waals surface area contributed by atoms with Gasteiger partial charge in [0.15, 0.2) is 0 Å². The number of halogens is 2. The smallest absolute Gasteiger partial charge is 0.0825 e. The average molecular weight is 313 g/mol. The van der Waals surface area contributed by atoms with E-state index in [0.29, 0.717) is 16.1 Å². The summed E-state index contributed by atoms with van der Waals surface area (Å²) in [5.41, 5.74) is 1.08. The molecule has 2 aliphatic rings. The summed E-state index contributed by atoms with van der Waals surface area (Å²) in [5.74, 6) is 0.824. The summed E-state index contributed by atoms with van der Waals surface area (Å²) in [5, 5.41) is 5.05. The average Bonchev–Trinajstić information content (AvgIpc) is 2.51. The van der Waals surface area contributed by atoms with Gasteiger partial charge in [-0.15, -0.1) is 0 Å². The van der Waals surface area contributed by atoms with Crippen LogP contribution in [0.15, 0.2) is 18.2 Å². The number of benzene rings is 1. The summed E-state index contributed by atoms with van der Waals surface area (Å²) in [6.07, 6.45) is 6.93. The lowest BCUT2D eigenvalue weighted by molar-refractivity contribution is 0.257. The van der Waals surface area contributed by atoms with Crippen LogP contribution in [0.25, 0.3) is 0 Å². The largest absolute Gasteiger partial charge is 0.367 e. The van der Waals surface area contributed by atoms with Crippen LogP contribution in [0.3, 0.4) is 0 Å². The van der Waals surface area contributed by atoms with E-state index in [4.69, 9.17) is 23.2 Å². The van der Waals surface area contributed by atoms with E-state index in [0.717, 1.165) is 31.2 Å². The molecule has 110 valence electrons. The van der Waals surface area contributed by atoms with Crippen LogP contribution in [0, 0.1) is 5.92 Å². The van der Waals surface area contributed by atoms with Crippen molar-refractivity contribution >= 4 is 28.9 Å².